The second-order valence-electron chi connectivity index (χ2n) is 7.19. The summed E-state index contributed by atoms with van der Waals surface area (Å²) in [6.07, 6.45) is 14.5. The van der Waals surface area contributed by atoms with Crippen molar-refractivity contribution in [3.63, 3.8) is 0 Å². The Morgan fingerprint density at radius 3 is 1.62 bits per heavy atom. The van der Waals surface area contributed by atoms with Gasteiger partial charge >= 0.3 is 23.1 Å². The summed E-state index contributed by atoms with van der Waals surface area (Å²) in [4.78, 5) is 27.0. The fraction of sp³-hybridized carbons (Fsp3) is 0.850. The van der Waals surface area contributed by atoms with Crippen LogP contribution in [-0.2, 0) is 14.4 Å². The summed E-state index contributed by atoms with van der Waals surface area (Å²) in [7, 11) is 3.20. The van der Waals surface area contributed by atoms with Gasteiger partial charge in [-0.1, -0.05) is 51.4 Å². The summed E-state index contributed by atoms with van der Waals surface area (Å²) in [5, 5.41) is 1.33. The molecule has 0 saturated heterocycles. The molecule has 1 amide bonds. The van der Waals surface area contributed by atoms with Gasteiger partial charge in [0.25, 0.3) is 0 Å². The molecule has 0 unspecified atom stereocenters. The number of nitrogens with zero attached hydrogens (tertiary/aromatic N) is 1. The van der Waals surface area contributed by atoms with Crippen molar-refractivity contribution in [3.8, 4) is 0 Å². The molecule has 0 aromatic heterocycles. The fourth-order valence-electron chi connectivity index (χ4n) is 3.67. The van der Waals surface area contributed by atoms with E-state index in [-0.39, 0.29) is 53.4 Å². The monoisotopic (exact) mass is 443 g/mol. The van der Waals surface area contributed by atoms with Crippen LogP contribution in [0.3, 0.4) is 0 Å². The van der Waals surface area contributed by atoms with Crippen molar-refractivity contribution in [2.45, 2.75) is 84.0 Å². The van der Waals surface area contributed by atoms with Crippen LogP contribution in [0.5, 0.6) is 0 Å². The Hall–Kier alpha value is 0.346. The average Bonchev–Trinajstić information content (AvgIpc) is 2.56. The third kappa shape index (κ3) is 14.4. The first-order valence-corrected chi connectivity index (χ1v) is 9.33. The van der Waals surface area contributed by atoms with Crippen LogP contribution in [0.25, 0.3) is 0 Å². The van der Waals surface area contributed by atoms with Crippen LogP contribution < -0.4 is 17.0 Å². The van der Waals surface area contributed by atoms with Crippen LogP contribution in [0.2, 0.25) is 0 Å². The van der Waals surface area contributed by atoms with Gasteiger partial charge in [-0.3, -0.25) is 9.63 Å². The van der Waals surface area contributed by atoms with Crippen LogP contribution in [0, 0.1) is 19.3 Å². The molecule has 0 heterocycles. The molecule has 4 nitrogen and oxygen atoms in total. The fourth-order valence-corrected chi connectivity index (χ4v) is 3.67. The van der Waals surface area contributed by atoms with Gasteiger partial charge in [-0.15, -0.1) is 0 Å². The SMILES string of the molecule is CC(=O)CC1CCCCC1.CON(C)C(=O)CC1CCCCC1.[Br-].[CH3-].[Mg+2]. The molecule has 0 aliphatic heterocycles. The van der Waals surface area contributed by atoms with E-state index in [4.69, 9.17) is 4.84 Å². The third-order valence-corrected chi connectivity index (χ3v) is 5.11. The first-order chi connectivity index (χ1) is 11.0. The topological polar surface area (TPSA) is 46.6 Å². The van der Waals surface area contributed by atoms with Crippen molar-refractivity contribution in [3.05, 3.63) is 7.43 Å². The minimum atomic E-state index is 0. The van der Waals surface area contributed by atoms with Crippen LogP contribution in [0.4, 0.5) is 0 Å². The van der Waals surface area contributed by atoms with Crippen molar-refractivity contribution < 1.29 is 31.4 Å². The van der Waals surface area contributed by atoms with E-state index >= 15 is 0 Å². The molecule has 2 saturated carbocycles. The van der Waals surface area contributed by atoms with E-state index in [9.17, 15) is 9.59 Å². The minimum Gasteiger partial charge on any atom is -1.00 e. The van der Waals surface area contributed by atoms with E-state index in [1.807, 2.05) is 0 Å². The second-order valence-corrected chi connectivity index (χ2v) is 7.19. The van der Waals surface area contributed by atoms with Gasteiger partial charge in [0.2, 0.25) is 5.91 Å². The van der Waals surface area contributed by atoms with Gasteiger partial charge in [0.05, 0.1) is 7.11 Å². The van der Waals surface area contributed by atoms with Crippen LogP contribution in [0.1, 0.15) is 84.0 Å². The summed E-state index contributed by atoms with van der Waals surface area (Å²) in [6.45, 7) is 1.70. The van der Waals surface area contributed by atoms with Crippen molar-refractivity contribution in [1.29, 1.82) is 0 Å². The average molecular weight is 445 g/mol. The number of amides is 1. The number of carbonyl (C=O) groups is 2. The second kappa shape index (κ2) is 18.7. The van der Waals surface area contributed by atoms with E-state index in [1.54, 1.807) is 14.0 Å². The van der Waals surface area contributed by atoms with E-state index in [1.165, 1.54) is 76.4 Å². The van der Waals surface area contributed by atoms with Crippen molar-refractivity contribution in [1.82, 2.24) is 5.06 Å². The van der Waals surface area contributed by atoms with Gasteiger partial charge in [-0.2, -0.15) is 0 Å². The molecular weight excluding hydrogens is 406 g/mol. The molecule has 0 bridgehead atoms. The molecule has 0 aromatic carbocycles. The third-order valence-electron chi connectivity index (χ3n) is 5.11. The number of halogens is 1. The van der Waals surface area contributed by atoms with Gasteiger partial charge < -0.3 is 29.2 Å². The molecule has 2 fully saturated rings. The molecular formula is C20H38BrMgNO3. The molecule has 2 rings (SSSR count). The summed E-state index contributed by atoms with van der Waals surface area (Å²) in [5.74, 6) is 1.80. The summed E-state index contributed by atoms with van der Waals surface area (Å²) in [5.41, 5.74) is 0. The summed E-state index contributed by atoms with van der Waals surface area (Å²) < 4.78 is 0. The zero-order chi connectivity index (χ0) is 17.1. The van der Waals surface area contributed by atoms with E-state index in [2.05, 4.69) is 0 Å². The molecule has 0 radical (unpaired) electrons. The van der Waals surface area contributed by atoms with Crippen LogP contribution in [-0.4, -0.2) is 54.0 Å². The van der Waals surface area contributed by atoms with Crippen molar-refractivity contribution >= 4 is 34.7 Å². The van der Waals surface area contributed by atoms with E-state index in [0.29, 0.717) is 18.1 Å². The Morgan fingerprint density at radius 2 is 1.27 bits per heavy atom. The Bertz CT molecular complexity index is 357. The van der Waals surface area contributed by atoms with Gasteiger partial charge in [-0.05, 0) is 31.6 Å². The largest absolute Gasteiger partial charge is 2.00 e. The molecule has 0 N–H and O–H groups in total. The zero-order valence-electron chi connectivity index (χ0n) is 17.4. The van der Waals surface area contributed by atoms with Crippen molar-refractivity contribution in [2.75, 3.05) is 14.2 Å². The van der Waals surface area contributed by atoms with Crippen LogP contribution in [0.15, 0.2) is 0 Å². The van der Waals surface area contributed by atoms with Crippen LogP contribution >= 0.6 is 0 Å². The maximum absolute atomic E-state index is 11.4. The molecule has 2 aliphatic carbocycles. The predicted molar refractivity (Wildman–Crippen MR) is 105 cm³/mol. The standard InChI is InChI=1S/C10H19NO2.C9H16O.CH3.BrH.Mg/c1-11(13-2)10(12)8-9-6-4-3-5-7-9;1-8(10)7-9-5-3-2-4-6-9;;;/h9H,3-8H2,1-2H3;9H,2-7H2,1H3;1H3;1H;/q;;-1;;+2/p-1. The first kappa shape index (κ1) is 31.1. The number of hydrogen-bond acceptors (Lipinski definition) is 3. The molecule has 0 atom stereocenters. The number of rotatable bonds is 5. The Morgan fingerprint density at radius 1 is 0.885 bits per heavy atom. The summed E-state index contributed by atoms with van der Waals surface area (Å²) in [6, 6.07) is 0. The Balaban J connectivity index is -0.000000374. The maximum Gasteiger partial charge on any atom is 2.00 e. The van der Waals surface area contributed by atoms with Gasteiger partial charge in [0, 0.05) is 19.9 Å². The molecule has 0 spiro atoms. The smallest absolute Gasteiger partial charge is 1.00 e. The van der Waals surface area contributed by atoms with Crippen molar-refractivity contribution in [2.24, 2.45) is 11.8 Å². The number of carbonyl (C=O) groups excluding carboxylic acids is 2. The normalized spacial score (nSPS) is 17.3. The quantitative estimate of drug-likeness (QED) is 0.368. The summed E-state index contributed by atoms with van der Waals surface area (Å²) >= 11 is 0. The molecule has 2 aliphatic rings. The Labute approximate surface area is 188 Å². The van der Waals surface area contributed by atoms with Gasteiger partial charge in [-0.25, -0.2) is 5.06 Å². The maximum atomic E-state index is 11.4. The number of ketones is 1. The molecule has 0 aromatic rings. The number of Topliss-reactive ketones (excluding diaryl/α,β-unsaturated/α-hetero) is 1. The number of hydroxylamine groups is 2. The predicted octanol–water partition coefficient (Wildman–Crippen LogP) is 1.60. The zero-order valence-corrected chi connectivity index (χ0v) is 20.4. The molecule has 150 valence electrons. The van der Waals surface area contributed by atoms with Gasteiger partial charge in [0.15, 0.2) is 0 Å². The Kier molecular flexibility index (Phi) is 22.3. The molecule has 6 heteroatoms. The van der Waals surface area contributed by atoms with E-state index in [0.717, 1.165) is 12.3 Å². The van der Waals surface area contributed by atoms with Gasteiger partial charge in [0.1, 0.15) is 5.78 Å². The first-order valence-electron chi connectivity index (χ1n) is 9.33. The number of hydrogen-bond donors (Lipinski definition) is 0. The minimum absolute atomic E-state index is 0. The molecule has 26 heavy (non-hydrogen) atoms. The van der Waals surface area contributed by atoms with E-state index < -0.39 is 0 Å².